The number of hydrazine groups is 1. The zero-order chi connectivity index (χ0) is 20.5. The van der Waals surface area contributed by atoms with Gasteiger partial charge in [-0.15, -0.1) is 0 Å². The SMILES string of the molecule is CC(C)[C@@H](NC(=O)OCc1ccccc1)C(=O)NNC(=O)c1ccccc1Br. The summed E-state index contributed by atoms with van der Waals surface area (Å²) in [5, 5.41) is 2.53. The van der Waals surface area contributed by atoms with Crippen LogP contribution in [0.4, 0.5) is 4.79 Å². The first-order valence-electron chi connectivity index (χ1n) is 8.70. The number of amides is 3. The van der Waals surface area contributed by atoms with Crippen LogP contribution in [0.5, 0.6) is 0 Å². The fourth-order valence-corrected chi connectivity index (χ4v) is 2.80. The number of hydrogen-bond donors (Lipinski definition) is 3. The molecule has 2 aromatic carbocycles. The van der Waals surface area contributed by atoms with Crippen LogP contribution in [0.3, 0.4) is 0 Å². The Kier molecular flexibility index (Phi) is 8.01. The largest absolute Gasteiger partial charge is 0.445 e. The van der Waals surface area contributed by atoms with Gasteiger partial charge in [-0.2, -0.15) is 0 Å². The van der Waals surface area contributed by atoms with Crippen LogP contribution >= 0.6 is 15.9 Å². The van der Waals surface area contributed by atoms with Crippen molar-refractivity contribution in [3.05, 3.63) is 70.2 Å². The molecule has 0 aliphatic carbocycles. The van der Waals surface area contributed by atoms with E-state index in [1.807, 2.05) is 30.3 Å². The maximum absolute atomic E-state index is 12.4. The van der Waals surface area contributed by atoms with Gasteiger partial charge in [-0.1, -0.05) is 56.3 Å². The summed E-state index contributed by atoms with van der Waals surface area (Å²) in [4.78, 5) is 36.6. The van der Waals surface area contributed by atoms with Gasteiger partial charge in [0.05, 0.1) is 5.56 Å². The minimum Gasteiger partial charge on any atom is -0.445 e. The molecule has 0 bridgehead atoms. The molecule has 28 heavy (non-hydrogen) atoms. The summed E-state index contributed by atoms with van der Waals surface area (Å²) in [5.41, 5.74) is 5.90. The predicted molar refractivity (Wildman–Crippen MR) is 108 cm³/mol. The monoisotopic (exact) mass is 447 g/mol. The first-order valence-corrected chi connectivity index (χ1v) is 9.49. The number of benzene rings is 2. The number of alkyl carbamates (subject to hydrolysis) is 1. The Bertz CT molecular complexity index is 827. The Morgan fingerprint density at radius 3 is 2.25 bits per heavy atom. The van der Waals surface area contributed by atoms with Crippen molar-refractivity contribution in [2.75, 3.05) is 0 Å². The van der Waals surface area contributed by atoms with Crippen LogP contribution < -0.4 is 16.2 Å². The van der Waals surface area contributed by atoms with Gasteiger partial charge in [-0.05, 0) is 39.5 Å². The molecule has 7 nitrogen and oxygen atoms in total. The predicted octanol–water partition coefficient (Wildman–Crippen LogP) is 3.16. The number of nitrogens with one attached hydrogen (secondary N) is 3. The first-order chi connectivity index (χ1) is 13.4. The first kappa shape index (κ1) is 21.4. The van der Waals surface area contributed by atoms with Gasteiger partial charge in [-0.3, -0.25) is 20.4 Å². The Labute approximate surface area is 171 Å². The summed E-state index contributed by atoms with van der Waals surface area (Å²) in [7, 11) is 0. The van der Waals surface area contributed by atoms with Crippen LogP contribution in [-0.2, 0) is 16.1 Å². The van der Waals surface area contributed by atoms with Crippen molar-refractivity contribution in [1.82, 2.24) is 16.2 Å². The average molecular weight is 448 g/mol. The summed E-state index contributed by atoms with van der Waals surface area (Å²) in [5.74, 6) is -1.24. The lowest BCUT2D eigenvalue weighted by molar-refractivity contribution is -0.124. The molecule has 0 heterocycles. The Hall–Kier alpha value is -2.87. The van der Waals surface area contributed by atoms with E-state index in [1.54, 1.807) is 38.1 Å². The molecule has 2 aromatic rings. The van der Waals surface area contributed by atoms with E-state index in [1.165, 1.54) is 0 Å². The molecule has 0 aromatic heterocycles. The van der Waals surface area contributed by atoms with E-state index >= 15 is 0 Å². The topological polar surface area (TPSA) is 96.5 Å². The maximum atomic E-state index is 12.4. The standard InChI is InChI=1S/C20H22BrN3O4/c1-13(2)17(22-20(27)28-12-14-8-4-3-5-9-14)19(26)24-23-18(25)15-10-6-7-11-16(15)21/h3-11,13,17H,12H2,1-2H3,(H,22,27)(H,23,25)(H,24,26)/t17-/m1/s1. The van der Waals surface area contributed by atoms with Crippen molar-refractivity contribution in [1.29, 1.82) is 0 Å². The molecule has 0 fully saturated rings. The number of carbonyl (C=O) groups is 3. The summed E-state index contributed by atoms with van der Waals surface area (Å²) in [6.07, 6.45) is -0.713. The van der Waals surface area contributed by atoms with Crippen LogP contribution in [0.25, 0.3) is 0 Å². The molecule has 3 N–H and O–H groups in total. The van der Waals surface area contributed by atoms with E-state index in [0.29, 0.717) is 10.0 Å². The van der Waals surface area contributed by atoms with Gasteiger partial charge in [0.25, 0.3) is 11.8 Å². The van der Waals surface area contributed by atoms with Crippen LogP contribution in [0, 0.1) is 5.92 Å². The second-order valence-electron chi connectivity index (χ2n) is 6.35. The Morgan fingerprint density at radius 1 is 0.964 bits per heavy atom. The maximum Gasteiger partial charge on any atom is 0.408 e. The minimum absolute atomic E-state index is 0.0951. The third-order valence-corrected chi connectivity index (χ3v) is 4.54. The molecule has 0 saturated heterocycles. The summed E-state index contributed by atoms with van der Waals surface area (Å²) in [6.45, 7) is 3.65. The van der Waals surface area contributed by atoms with E-state index in [4.69, 9.17) is 4.74 Å². The highest BCUT2D eigenvalue weighted by molar-refractivity contribution is 9.10. The Balaban J connectivity index is 1.88. The second-order valence-corrected chi connectivity index (χ2v) is 7.21. The molecule has 1 atom stereocenters. The summed E-state index contributed by atoms with van der Waals surface area (Å²) >= 11 is 3.28. The average Bonchev–Trinajstić information content (AvgIpc) is 2.69. The molecular formula is C20H22BrN3O4. The fourth-order valence-electron chi connectivity index (χ4n) is 2.34. The molecule has 2 rings (SSSR count). The number of ether oxygens (including phenoxy) is 1. The van der Waals surface area contributed by atoms with Crippen molar-refractivity contribution in [3.8, 4) is 0 Å². The number of carbonyl (C=O) groups excluding carboxylic acids is 3. The number of halogens is 1. The van der Waals surface area contributed by atoms with Crippen molar-refractivity contribution >= 4 is 33.8 Å². The lowest BCUT2D eigenvalue weighted by Gasteiger charge is -2.21. The zero-order valence-corrected chi connectivity index (χ0v) is 17.2. The molecule has 3 amide bonds. The van der Waals surface area contributed by atoms with Gasteiger partial charge in [-0.25, -0.2) is 4.79 Å². The minimum atomic E-state index is -0.872. The molecule has 8 heteroatoms. The molecule has 0 spiro atoms. The van der Waals surface area contributed by atoms with Crippen molar-refractivity contribution in [2.24, 2.45) is 5.92 Å². The molecule has 0 aliphatic heterocycles. The Morgan fingerprint density at radius 2 is 1.61 bits per heavy atom. The van der Waals surface area contributed by atoms with Gasteiger partial charge in [0.2, 0.25) is 0 Å². The molecule has 0 unspecified atom stereocenters. The van der Waals surface area contributed by atoms with Crippen molar-refractivity contribution in [2.45, 2.75) is 26.5 Å². The van der Waals surface area contributed by atoms with Crippen LogP contribution in [0.15, 0.2) is 59.1 Å². The second kappa shape index (κ2) is 10.5. The summed E-state index contributed by atoms with van der Waals surface area (Å²) in [6, 6.07) is 15.2. The quantitative estimate of drug-likeness (QED) is 0.592. The van der Waals surface area contributed by atoms with Gasteiger partial charge in [0.1, 0.15) is 12.6 Å². The van der Waals surface area contributed by atoms with Crippen LogP contribution in [0.1, 0.15) is 29.8 Å². The molecular weight excluding hydrogens is 426 g/mol. The molecule has 0 saturated carbocycles. The highest BCUT2D eigenvalue weighted by atomic mass is 79.9. The van der Waals surface area contributed by atoms with Crippen LogP contribution in [-0.4, -0.2) is 23.9 Å². The number of rotatable bonds is 6. The van der Waals surface area contributed by atoms with E-state index in [0.717, 1.165) is 5.56 Å². The van der Waals surface area contributed by atoms with E-state index in [2.05, 4.69) is 32.1 Å². The fraction of sp³-hybridized carbons (Fsp3) is 0.250. The van der Waals surface area contributed by atoms with Gasteiger partial charge >= 0.3 is 6.09 Å². The third kappa shape index (κ3) is 6.38. The normalized spacial score (nSPS) is 11.4. The van der Waals surface area contributed by atoms with E-state index < -0.39 is 23.9 Å². The highest BCUT2D eigenvalue weighted by Crippen LogP contribution is 2.15. The van der Waals surface area contributed by atoms with E-state index in [9.17, 15) is 14.4 Å². The van der Waals surface area contributed by atoms with Crippen molar-refractivity contribution in [3.63, 3.8) is 0 Å². The zero-order valence-electron chi connectivity index (χ0n) is 15.6. The lowest BCUT2D eigenvalue weighted by atomic mass is 10.0. The van der Waals surface area contributed by atoms with Crippen molar-refractivity contribution < 1.29 is 19.1 Å². The van der Waals surface area contributed by atoms with Crippen LogP contribution in [0.2, 0.25) is 0 Å². The summed E-state index contributed by atoms with van der Waals surface area (Å²) < 4.78 is 5.75. The van der Waals surface area contributed by atoms with Gasteiger partial charge < -0.3 is 10.1 Å². The third-order valence-electron chi connectivity index (χ3n) is 3.85. The lowest BCUT2D eigenvalue weighted by Crippen LogP contribution is -2.54. The van der Waals surface area contributed by atoms with E-state index in [-0.39, 0.29) is 12.5 Å². The van der Waals surface area contributed by atoms with Gasteiger partial charge in [0, 0.05) is 4.47 Å². The molecule has 0 radical (unpaired) electrons. The highest BCUT2D eigenvalue weighted by Gasteiger charge is 2.25. The van der Waals surface area contributed by atoms with Gasteiger partial charge in [0.15, 0.2) is 0 Å². The number of hydrogen-bond acceptors (Lipinski definition) is 4. The molecule has 0 aliphatic rings. The molecule has 148 valence electrons. The smallest absolute Gasteiger partial charge is 0.408 e.